The number of piperidine rings is 1. The second-order valence-electron chi connectivity index (χ2n) is 5.92. The molecule has 0 N–H and O–H groups in total. The van der Waals surface area contributed by atoms with Crippen molar-refractivity contribution in [2.45, 2.75) is 58.0 Å². The SMILES string of the molecule is COC(=O)[C@@H]1CC[C@@H]2CC[C@H](CC(C)C)C(=O)N21. The van der Waals surface area contributed by atoms with Crippen molar-refractivity contribution in [1.29, 1.82) is 0 Å². The van der Waals surface area contributed by atoms with Crippen molar-refractivity contribution in [2.75, 3.05) is 7.11 Å². The number of carbonyl (C=O) groups excluding carboxylic acids is 2. The van der Waals surface area contributed by atoms with E-state index in [1.807, 2.05) is 4.90 Å². The first-order chi connectivity index (χ1) is 8.54. The molecule has 0 saturated carbocycles. The maximum Gasteiger partial charge on any atom is 0.328 e. The lowest BCUT2D eigenvalue weighted by atomic mass is 9.86. The Balaban J connectivity index is 2.10. The van der Waals surface area contributed by atoms with Gasteiger partial charge in [-0.25, -0.2) is 4.79 Å². The number of methoxy groups -OCH3 is 1. The zero-order valence-electron chi connectivity index (χ0n) is 11.5. The Morgan fingerprint density at radius 2 is 2.00 bits per heavy atom. The molecule has 0 aromatic heterocycles. The molecule has 2 aliphatic heterocycles. The fraction of sp³-hybridized carbons (Fsp3) is 0.857. The maximum atomic E-state index is 12.5. The molecule has 4 nitrogen and oxygen atoms in total. The van der Waals surface area contributed by atoms with Crippen molar-refractivity contribution in [1.82, 2.24) is 4.90 Å². The van der Waals surface area contributed by atoms with E-state index in [1.54, 1.807) is 0 Å². The van der Waals surface area contributed by atoms with Gasteiger partial charge < -0.3 is 9.64 Å². The van der Waals surface area contributed by atoms with Crippen molar-refractivity contribution in [3.8, 4) is 0 Å². The minimum atomic E-state index is -0.331. The van der Waals surface area contributed by atoms with Gasteiger partial charge >= 0.3 is 5.97 Å². The summed E-state index contributed by atoms with van der Waals surface area (Å²) in [6.45, 7) is 4.28. The smallest absolute Gasteiger partial charge is 0.328 e. The molecule has 1 amide bonds. The maximum absolute atomic E-state index is 12.5. The molecule has 2 heterocycles. The van der Waals surface area contributed by atoms with Gasteiger partial charge in [0.2, 0.25) is 5.91 Å². The molecular formula is C14H23NO3. The fourth-order valence-electron chi connectivity index (χ4n) is 3.38. The van der Waals surface area contributed by atoms with Crippen LogP contribution in [0.2, 0.25) is 0 Å². The standard InChI is InChI=1S/C14H23NO3/c1-9(2)8-10-4-5-11-6-7-12(14(17)18-3)15(11)13(10)16/h9-12H,4-8H2,1-3H3/t10-,11+,12+/m1/s1. The molecule has 2 fully saturated rings. The number of hydrogen-bond donors (Lipinski definition) is 0. The van der Waals surface area contributed by atoms with Crippen LogP contribution in [0.3, 0.4) is 0 Å². The van der Waals surface area contributed by atoms with Crippen LogP contribution in [0, 0.1) is 11.8 Å². The lowest BCUT2D eigenvalue weighted by Crippen LogP contribution is -2.51. The third-order valence-electron chi connectivity index (χ3n) is 4.18. The average Bonchev–Trinajstić information content (AvgIpc) is 2.76. The number of hydrogen-bond acceptors (Lipinski definition) is 3. The highest BCUT2D eigenvalue weighted by molar-refractivity contribution is 5.87. The molecule has 18 heavy (non-hydrogen) atoms. The molecule has 0 spiro atoms. The Bertz CT molecular complexity index is 340. The molecule has 2 saturated heterocycles. The summed E-state index contributed by atoms with van der Waals surface area (Å²) in [6.07, 6.45) is 4.65. The zero-order chi connectivity index (χ0) is 13.3. The van der Waals surface area contributed by atoms with Gasteiger partial charge in [-0.05, 0) is 38.0 Å². The van der Waals surface area contributed by atoms with Gasteiger partial charge in [0.25, 0.3) is 0 Å². The third-order valence-corrected chi connectivity index (χ3v) is 4.18. The van der Waals surface area contributed by atoms with E-state index in [0.717, 1.165) is 32.1 Å². The normalized spacial score (nSPS) is 31.7. The van der Waals surface area contributed by atoms with Crippen LogP contribution >= 0.6 is 0 Å². The second-order valence-corrected chi connectivity index (χ2v) is 5.92. The zero-order valence-corrected chi connectivity index (χ0v) is 11.5. The van der Waals surface area contributed by atoms with Gasteiger partial charge in [-0.2, -0.15) is 0 Å². The van der Waals surface area contributed by atoms with E-state index in [2.05, 4.69) is 13.8 Å². The molecule has 0 aromatic rings. The quantitative estimate of drug-likeness (QED) is 0.722. The number of fused-ring (bicyclic) bond motifs is 1. The number of rotatable bonds is 3. The van der Waals surface area contributed by atoms with Crippen LogP contribution in [0.4, 0.5) is 0 Å². The van der Waals surface area contributed by atoms with Gasteiger partial charge in [0.05, 0.1) is 7.11 Å². The molecular weight excluding hydrogens is 230 g/mol. The molecule has 0 unspecified atom stereocenters. The van der Waals surface area contributed by atoms with E-state index in [1.165, 1.54) is 7.11 Å². The Hall–Kier alpha value is -1.06. The molecule has 0 radical (unpaired) electrons. The fourth-order valence-corrected chi connectivity index (χ4v) is 3.38. The lowest BCUT2D eigenvalue weighted by Gasteiger charge is -2.37. The van der Waals surface area contributed by atoms with E-state index in [0.29, 0.717) is 5.92 Å². The largest absolute Gasteiger partial charge is 0.467 e. The van der Waals surface area contributed by atoms with E-state index in [-0.39, 0.29) is 29.9 Å². The summed E-state index contributed by atoms with van der Waals surface area (Å²) in [5.74, 6) is 0.546. The highest BCUT2D eigenvalue weighted by Gasteiger charge is 2.46. The van der Waals surface area contributed by atoms with Crippen molar-refractivity contribution in [3.63, 3.8) is 0 Å². The van der Waals surface area contributed by atoms with Crippen LogP contribution in [0.15, 0.2) is 0 Å². The monoisotopic (exact) mass is 253 g/mol. The van der Waals surface area contributed by atoms with E-state index in [9.17, 15) is 9.59 Å². The van der Waals surface area contributed by atoms with Gasteiger partial charge in [0, 0.05) is 12.0 Å². The van der Waals surface area contributed by atoms with E-state index in [4.69, 9.17) is 4.74 Å². The molecule has 2 rings (SSSR count). The molecule has 4 heteroatoms. The Morgan fingerprint density at radius 1 is 1.33 bits per heavy atom. The summed E-state index contributed by atoms with van der Waals surface area (Å²) in [5.41, 5.74) is 0. The average molecular weight is 253 g/mol. The van der Waals surface area contributed by atoms with Crippen LogP contribution in [0.5, 0.6) is 0 Å². The van der Waals surface area contributed by atoms with E-state index >= 15 is 0 Å². The number of carbonyl (C=O) groups is 2. The predicted octanol–water partition coefficient (Wildman–Crippen LogP) is 1.98. The summed E-state index contributed by atoms with van der Waals surface area (Å²) in [6, 6.07) is -0.0625. The number of esters is 1. The van der Waals surface area contributed by atoms with Gasteiger partial charge in [-0.15, -0.1) is 0 Å². The third kappa shape index (κ3) is 2.38. The number of amides is 1. The summed E-state index contributed by atoms with van der Waals surface area (Å²) >= 11 is 0. The van der Waals surface area contributed by atoms with Crippen LogP contribution in [-0.2, 0) is 14.3 Å². The van der Waals surface area contributed by atoms with Crippen LogP contribution < -0.4 is 0 Å². The Labute approximate surface area is 109 Å². The summed E-state index contributed by atoms with van der Waals surface area (Å²) in [5, 5.41) is 0. The van der Waals surface area contributed by atoms with Gasteiger partial charge in [-0.3, -0.25) is 4.79 Å². The van der Waals surface area contributed by atoms with Crippen molar-refractivity contribution in [2.24, 2.45) is 11.8 Å². The summed E-state index contributed by atoms with van der Waals surface area (Å²) < 4.78 is 4.81. The lowest BCUT2D eigenvalue weighted by molar-refractivity contribution is -0.156. The van der Waals surface area contributed by atoms with Gasteiger partial charge in [0.1, 0.15) is 6.04 Å². The summed E-state index contributed by atoms with van der Waals surface area (Å²) in [7, 11) is 1.40. The molecule has 0 bridgehead atoms. The minimum Gasteiger partial charge on any atom is -0.467 e. The van der Waals surface area contributed by atoms with Crippen LogP contribution in [0.25, 0.3) is 0 Å². The second kappa shape index (κ2) is 5.29. The van der Waals surface area contributed by atoms with Crippen LogP contribution in [0.1, 0.15) is 46.0 Å². The van der Waals surface area contributed by atoms with Gasteiger partial charge in [-0.1, -0.05) is 13.8 Å². The molecule has 102 valence electrons. The highest BCUT2D eigenvalue weighted by atomic mass is 16.5. The first kappa shape index (κ1) is 13.4. The number of nitrogens with zero attached hydrogens (tertiary/aromatic N) is 1. The topological polar surface area (TPSA) is 46.6 Å². The Kier molecular flexibility index (Phi) is 3.93. The van der Waals surface area contributed by atoms with Crippen molar-refractivity contribution in [3.05, 3.63) is 0 Å². The Morgan fingerprint density at radius 3 is 2.61 bits per heavy atom. The first-order valence-electron chi connectivity index (χ1n) is 6.94. The number of ether oxygens (including phenoxy) is 1. The van der Waals surface area contributed by atoms with Gasteiger partial charge in [0.15, 0.2) is 0 Å². The molecule has 0 aromatic carbocycles. The molecule has 0 aliphatic carbocycles. The predicted molar refractivity (Wildman–Crippen MR) is 67.9 cm³/mol. The highest BCUT2D eigenvalue weighted by Crippen LogP contribution is 2.37. The minimum absolute atomic E-state index is 0.103. The molecule has 3 atom stereocenters. The van der Waals surface area contributed by atoms with Crippen molar-refractivity contribution < 1.29 is 14.3 Å². The van der Waals surface area contributed by atoms with Crippen LogP contribution in [-0.4, -0.2) is 36.0 Å². The molecule has 2 aliphatic rings. The first-order valence-corrected chi connectivity index (χ1v) is 6.94. The summed E-state index contributed by atoms with van der Waals surface area (Å²) in [4.78, 5) is 26.0. The van der Waals surface area contributed by atoms with E-state index < -0.39 is 0 Å². The van der Waals surface area contributed by atoms with Crippen molar-refractivity contribution >= 4 is 11.9 Å².